The number of nitrogens with zero attached hydrogens (tertiary/aromatic N) is 4. The maximum atomic E-state index is 12.6. The Morgan fingerprint density at radius 1 is 1.06 bits per heavy atom. The summed E-state index contributed by atoms with van der Waals surface area (Å²) in [5.74, 6) is 6.32. The van der Waals surface area contributed by atoms with Crippen LogP contribution in [0.2, 0.25) is 0 Å². The number of nitrogens with two attached hydrogens (primary N) is 1. The van der Waals surface area contributed by atoms with Crippen molar-refractivity contribution in [1.29, 1.82) is 0 Å². The highest BCUT2D eigenvalue weighted by Gasteiger charge is 2.24. The van der Waals surface area contributed by atoms with Crippen molar-refractivity contribution < 1.29 is 19.0 Å². The van der Waals surface area contributed by atoms with Gasteiger partial charge in [0.15, 0.2) is 0 Å². The van der Waals surface area contributed by atoms with E-state index in [1.54, 1.807) is 6.07 Å². The fourth-order valence-corrected chi connectivity index (χ4v) is 4.39. The van der Waals surface area contributed by atoms with Crippen LogP contribution in [-0.4, -0.2) is 93.3 Å². The average Bonchev–Trinajstić information content (AvgIpc) is 3.74. The van der Waals surface area contributed by atoms with Crippen LogP contribution in [0.4, 0.5) is 5.69 Å². The van der Waals surface area contributed by atoms with E-state index in [2.05, 4.69) is 20.2 Å². The van der Waals surface area contributed by atoms with Crippen molar-refractivity contribution in [2.24, 2.45) is 10.9 Å². The lowest BCUT2D eigenvalue weighted by Crippen LogP contribution is -2.38. The number of nitrogens with one attached hydrogen (secondary N) is 1. The Morgan fingerprint density at radius 3 is 2.50 bits per heavy atom. The van der Waals surface area contributed by atoms with E-state index in [4.69, 9.17) is 25.0 Å². The van der Waals surface area contributed by atoms with Crippen molar-refractivity contribution in [3.8, 4) is 5.88 Å². The van der Waals surface area contributed by atoms with Crippen LogP contribution in [0.5, 0.6) is 5.88 Å². The molecule has 36 heavy (non-hydrogen) atoms. The number of hydrogen-bond acceptors (Lipinski definition) is 9. The average molecular weight is 495 g/mol. The molecule has 1 saturated carbocycles. The van der Waals surface area contributed by atoms with Gasteiger partial charge in [-0.3, -0.25) is 9.69 Å². The fraction of sp³-hybridized carbons (Fsp3) is 0.500. The quantitative estimate of drug-likeness (QED) is 0.304. The molecule has 1 aromatic carbocycles. The van der Waals surface area contributed by atoms with E-state index < -0.39 is 0 Å². The molecule has 2 saturated heterocycles. The predicted octanol–water partition coefficient (Wildman–Crippen LogP) is 1.23. The molecule has 0 radical (unpaired) electrons. The van der Waals surface area contributed by atoms with Gasteiger partial charge < -0.3 is 30.3 Å². The highest BCUT2D eigenvalue weighted by atomic mass is 16.5. The zero-order valence-corrected chi connectivity index (χ0v) is 20.5. The van der Waals surface area contributed by atoms with Gasteiger partial charge in [0.2, 0.25) is 5.88 Å². The van der Waals surface area contributed by atoms with Gasteiger partial charge in [-0.15, -0.1) is 0 Å². The standard InChI is InChI=1S/C26H34N6O4/c27-30-25(19-2-1-3-20(16-19)26(33)28-21-4-5-21)23-17-22(32-9-13-35-14-10-32)18-24(29-23)36-15-8-31-6-11-34-12-7-31/h1-3,16-18,21H,4-15,27H2,(H,28,33). The second-order valence-electron chi connectivity index (χ2n) is 9.26. The summed E-state index contributed by atoms with van der Waals surface area (Å²) in [6.07, 6.45) is 2.07. The normalized spacial score (nSPS) is 19.2. The molecule has 3 heterocycles. The number of morpholine rings is 2. The van der Waals surface area contributed by atoms with Gasteiger partial charge in [0.05, 0.1) is 32.1 Å². The minimum atomic E-state index is -0.0853. The van der Waals surface area contributed by atoms with E-state index in [1.807, 2.05) is 30.3 Å². The van der Waals surface area contributed by atoms with Crippen molar-refractivity contribution in [3.63, 3.8) is 0 Å². The van der Waals surface area contributed by atoms with Gasteiger partial charge in [-0.05, 0) is 31.0 Å². The number of hydrazone groups is 1. The van der Waals surface area contributed by atoms with Gasteiger partial charge in [-0.1, -0.05) is 12.1 Å². The zero-order valence-electron chi connectivity index (χ0n) is 20.5. The molecule has 1 amide bonds. The molecule has 0 atom stereocenters. The van der Waals surface area contributed by atoms with E-state index >= 15 is 0 Å². The molecule has 0 bridgehead atoms. The minimum absolute atomic E-state index is 0.0853. The molecule has 0 spiro atoms. The third kappa shape index (κ3) is 6.31. The largest absolute Gasteiger partial charge is 0.476 e. The van der Waals surface area contributed by atoms with Crippen LogP contribution >= 0.6 is 0 Å². The maximum Gasteiger partial charge on any atom is 0.251 e. The summed E-state index contributed by atoms with van der Waals surface area (Å²) in [5.41, 5.74) is 3.39. The van der Waals surface area contributed by atoms with Crippen molar-refractivity contribution in [3.05, 3.63) is 53.2 Å². The van der Waals surface area contributed by atoms with Crippen molar-refractivity contribution in [2.45, 2.75) is 18.9 Å². The van der Waals surface area contributed by atoms with E-state index in [-0.39, 0.29) is 11.9 Å². The van der Waals surface area contributed by atoms with Crippen LogP contribution in [0.15, 0.2) is 41.5 Å². The Morgan fingerprint density at radius 2 is 1.78 bits per heavy atom. The van der Waals surface area contributed by atoms with Crippen LogP contribution < -0.4 is 20.8 Å². The van der Waals surface area contributed by atoms with Crippen molar-refractivity contribution in [1.82, 2.24) is 15.2 Å². The number of ether oxygens (including phenoxy) is 3. The summed E-state index contributed by atoms with van der Waals surface area (Å²) >= 11 is 0. The first-order valence-electron chi connectivity index (χ1n) is 12.7. The van der Waals surface area contributed by atoms with Crippen LogP contribution in [0.1, 0.15) is 34.5 Å². The second-order valence-corrected chi connectivity index (χ2v) is 9.26. The monoisotopic (exact) mass is 494 g/mol. The van der Waals surface area contributed by atoms with Crippen molar-refractivity contribution >= 4 is 17.3 Å². The molecule has 10 heteroatoms. The Labute approximate surface area is 211 Å². The smallest absolute Gasteiger partial charge is 0.251 e. The molecule has 0 unspecified atom stereocenters. The van der Waals surface area contributed by atoms with Crippen molar-refractivity contribution in [2.75, 3.05) is 70.7 Å². The molecule has 5 rings (SSSR count). The van der Waals surface area contributed by atoms with E-state index in [9.17, 15) is 4.79 Å². The van der Waals surface area contributed by atoms with Gasteiger partial charge in [-0.2, -0.15) is 5.10 Å². The van der Waals surface area contributed by atoms with Gasteiger partial charge >= 0.3 is 0 Å². The number of rotatable bonds is 9. The summed E-state index contributed by atoms with van der Waals surface area (Å²) in [7, 11) is 0. The highest BCUT2D eigenvalue weighted by Crippen LogP contribution is 2.25. The number of carbonyl (C=O) groups is 1. The first kappa shape index (κ1) is 24.5. The molecule has 3 N–H and O–H groups in total. The molecule has 3 fully saturated rings. The van der Waals surface area contributed by atoms with E-state index in [0.29, 0.717) is 42.7 Å². The zero-order chi connectivity index (χ0) is 24.7. The van der Waals surface area contributed by atoms with E-state index in [0.717, 1.165) is 70.0 Å². The summed E-state index contributed by atoms with van der Waals surface area (Å²) in [6.45, 7) is 7.54. The van der Waals surface area contributed by atoms with Crippen LogP contribution in [0.3, 0.4) is 0 Å². The van der Waals surface area contributed by atoms with E-state index in [1.165, 1.54) is 0 Å². The second kappa shape index (κ2) is 11.7. The Bertz CT molecular complexity index is 1080. The number of anilines is 1. The highest BCUT2D eigenvalue weighted by molar-refractivity contribution is 6.13. The van der Waals surface area contributed by atoms with Gasteiger partial charge in [0, 0.05) is 61.6 Å². The summed E-state index contributed by atoms with van der Waals surface area (Å²) in [5, 5.41) is 7.11. The van der Waals surface area contributed by atoms with Crippen LogP contribution in [0.25, 0.3) is 0 Å². The lowest BCUT2D eigenvalue weighted by atomic mass is 10.0. The number of aromatic nitrogens is 1. The maximum absolute atomic E-state index is 12.6. The lowest BCUT2D eigenvalue weighted by Gasteiger charge is -2.29. The number of benzene rings is 1. The number of hydrogen-bond donors (Lipinski definition) is 2. The molecule has 1 aliphatic carbocycles. The van der Waals surface area contributed by atoms with Crippen LogP contribution in [-0.2, 0) is 9.47 Å². The number of pyridine rings is 1. The molecule has 192 valence electrons. The number of carbonyl (C=O) groups excluding carboxylic acids is 1. The fourth-order valence-electron chi connectivity index (χ4n) is 4.39. The Balaban J connectivity index is 1.38. The lowest BCUT2D eigenvalue weighted by molar-refractivity contribution is 0.0320. The third-order valence-corrected chi connectivity index (χ3v) is 6.61. The predicted molar refractivity (Wildman–Crippen MR) is 137 cm³/mol. The topological polar surface area (TPSA) is 115 Å². The van der Waals surface area contributed by atoms with Gasteiger partial charge in [0.1, 0.15) is 12.3 Å². The Kier molecular flexibility index (Phi) is 7.95. The minimum Gasteiger partial charge on any atom is -0.476 e. The number of amides is 1. The first-order chi connectivity index (χ1) is 17.7. The molecule has 10 nitrogen and oxygen atoms in total. The van der Waals surface area contributed by atoms with Crippen LogP contribution in [0, 0.1) is 0 Å². The molecule has 2 aliphatic heterocycles. The molecular formula is C26H34N6O4. The summed E-state index contributed by atoms with van der Waals surface area (Å²) in [6, 6.07) is 11.6. The SMILES string of the molecule is NN=C(c1cccc(C(=O)NC2CC2)c1)c1cc(N2CCOCC2)cc(OCCN2CCOCC2)n1. The molecule has 2 aromatic rings. The Hall–Kier alpha value is -3.21. The van der Waals surface area contributed by atoms with Gasteiger partial charge in [0.25, 0.3) is 5.91 Å². The van der Waals surface area contributed by atoms with Gasteiger partial charge in [-0.25, -0.2) is 4.98 Å². The summed E-state index contributed by atoms with van der Waals surface area (Å²) < 4.78 is 17.1. The molecular weight excluding hydrogens is 460 g/mol. The summed E-state index contributed by atoms with van der Waals surface area (Å²) in [4.78, 5) is 21.9. The molecule has 3 aliphatic rings. The third-order valence-electron chi connectivity index (χ3n) is 6.61. The first-order valence-corrected chi connectivity index (χ1v) is 12.7. The molecule has 1 aromatic heterocycles.